The third-order valence-electron chi connectivity index (χ3n) is 3.05. The molecule has 0 radical (unpaired) electrons. The second kappa shape index (κ2) is 6.60. The van der Waals surface area contributed by atoms with Crippen molar-refractivity contribution in [3.63, 3.8) is 0 Å². The van der Waals surface area contributed by atoms with Gasteiger partial charge in [0.25, 0.3) is 0 Å². The van der Waals surface area contributed by atoms with Gasteiger partial charge in [0.2, 0.25) is 0 Å². The van der Waals surface area contributed by atoms with Crippen molar-refractivity contribution in [3.8, 4) is 11.4 Å². The predicted octanol–water partition coefficient (Wildman–Crippen LogP) is 2.24. The Hall–Kier alpha value is -2.76. The van der Waals surface area contributed by atoms with Gasteiger partial charge in [0.05, 0.1) is 12.0 Å². The van der Waals surface area contributed by atoms with E-state index >= 15 is 0 Å². The maximum Gasteiger partial charge on any atom is 0.148 e. The molecule has 21 heavy (non-hydrogen) atoms. The van der Waals surface area contributed by atoms with E-state index in [0.717, 1.165) is 36.7 Å². The minimum atomic E-state index is 0.777. The van der Waals surface area contributed by atoms with E-state index in [1.165, 1.54) is 0 Å². The number of hydrogen-bond donors (Lipinski definition) is 1. The molecule has 0 saturated heterocycles. The summed E-state index contributed by atoms with van der Waals surface area (Å²) in [4.78, 5) is 8.26. The van der Waals surface area contributed by atoms with Crippen molar-refractivity contribution in [2.75, 3.05) is 11.9 Å². The van der Waals surface area contributed by atoms with Crippen LogP contribution in [-0.4, -0.2) is 31.3 Å². The van der Waals surface area contributed by atoms with Crippen molar-refractivity contribution in [2.24, 2.45) is 0 Å². The molecule has 0 aliphatic carbocycles. The molecule has 0 saturated carbocycles. The van der Waals surface area contributed by atoms with E-state index < -0.39 is 0 Å². The van der Waals surface area contributed by atoms with Crippen LogP contribution < -0.4 is 5.32 Å². The van der Waals surface area contributed by atoms with Crippen LogP contribution in [-0.2, 0) is 6.54 Å². The SMILES string of the molecule is c1ccc(-c2ccc(NCCCn3ccnc3)nn2)nc1. The summed E-state index contributed by atoms with van der Waals surface area (Å²) in [6.07, 6.45) is 8.32. The number of rotatable bonds is 6. The maximum absolute atomic E-state index is 4.25. The standard InChI is InChI=1S/C15H16N6/c1-2-7-17-13(4-1)14-5-6-15(20-19-14)18-8-3-10-21-11-9-16-12-21/h1-2,4-7,9,11-12H,3,8,10H2,(H,18,20). The Morgan fingerprint density at radius 1 is 1.00 bits per heavy atom. The second-order valence-electron chi connectivity index (χ2n) is 4.60. The predicted molar refractivity (Wildman–Crippen MR) is 80.6 cm³/mol. The molecular formula is C15H16N6. The van der Waals surface area contributed by atoms with Crippen molar-refractivity contribution in [3.05, 3.63) is 55.2 Å². The van der Waals surface area contributed by atoms with Crippen molar-refractivity contribution >= 4 is 5.82 Å². The summed E-state index contributed by atoms with van der Waals surface area (Å²) in [5.74, 6) is 0.778. The highest BCUT2D eigenvalue weighted by Gasteiger charge is 2.01. The molecule has 3 rings (SSSR count). The minimum Gasteiger partial charge on any atom is -0.369 e. The first-order chi connectivity index (χ1) is 10.4. The molecule has 0 aliphatic heterocycles. The summed E-state index contributed by atoms with van der Waals surface area (Å²) in [5, 5.41) is 11.6. The van der Waals surface area contributed by atoms with Crippen LogP contribution in [0.1, 0.15) is 6.42 Å². The van der Waals surface area contributed by atoms with Crippen LogP contribution in [0.25, 0.3) is 11.4 Å². The first kappa shape index (κ1) is 13.2. The molecule has 3 aromatic heterocycles. The lowest BCUT2D eigenvalue weighted by atomic mass is 10.2. The van der Waals surface area contributed by atoms with E-state index in [1.54, 1.807) is 12.4 Å². The van der Waals surface area contributed by atoms with Crippen LogP contribution in [0.4, 0.5) is 5.82 Å². The topological polar surface area (TPSA) is 68.5 Å². The number of pyridine rings is 1. The Kier molecular flexibility index (Phi) is 4.16. The summed E-state index contributed by atoms with van der Waals surface area (Å²) >= 11 is 0. The molecule has 106 valence electrons. The lowest BCUT2D eigenvalue weighted by Crippen LogP contribution is -2.07. The Labute approximate surface area is 122 Å². The summed E-state index contributed by atoms with van der Waals surface area (Å²) in [5.41, 5.74) is 1.61. The Bertz CT molecular complexity index is 648. The number of anilines is 1. The van der Waals surface area contributed by atoms with Crippen LogP contribution in [0.3, 0.4) is 0 Å². The van der Waals surface area contributed by atoms with Crippen LogP contribution in [0.5, 0.6) is 0 Å². The summed E-state index contributed by atoms with van der Waals surface area (Å²) in [6, 6.07) is 9.59. The quantitative estimate of drug-likeness (QED) is 0.701. The third kappa shape index (κ3) is 3.62. The first-order valence-corrected chi connectivity index (χ1v) is 6.86. The molecule has 3 heterocycles. The number of nitrogens with zero attached hydrogens (tertiary/aromatic N) is 5. The third-order valence-corrected chi connectivity index (χ3v) is 3.05. The fourth-order valence-electron chi connectivity index (χ4n) is 1.97. The van der Waals surface area contributed by atoms with Gasteiger partial charge in [0.15, 0.2) is 0 Å². The zero-order valence-electron chi connectivity index (χ0n) is 11.6. The maximum atomic E-state index is 4.25. The number of hydrogen-bond acceptors (Lipinski definition) is 5. The molecule has 1 N–H and O–H groups in total. The lowest BCUT2D eigenvalue weighted by Gasteiger charge is -2.06. The molecule has 6 nitrogen and oxygen atoms in total. The van der Waals surface area contributed by atoms with Crippen LogP contribution >= 0.6 is 0 Å². The van der Waals surface area contributed by atoms with Crippen LogP contribution in [0, 0.1) is 0 Å². The van der Waals surface area contributed by atoms with Crippen molar-refractivity contribution in [1.82, 2.24) is 24.7 Å². The average molecular weight is 280 g/mol. The minimum absolute atomic E-state index is 0.777. The molecular weight excluding hydrogens is 264 g/mol. The second-order valence-corrected chi connectivity index (χ2v) is 4.60. The Morgan fingerprint density at radius 3 is 2.71 bits per heavy atom. The Morgan fingerprint density at radius 2 is 2.00 bits per heavy atom. The zero-order valence-corrected chi connectivity index (χ0v) is 11.6. The molecule has 3 aromatic rings. The smallest absolute Gasteiger partial charge is 0.148 e. The zero-order chi connectivity index (χ0) is 14.3. The fraction of sp³-hybridized carbons (Fsp3) is 0.200. The van der Waals surface area contributed by atoms with Crippen molar-refractivity contribution < 1.29 is 0 Å². The van der Waals surface area contributed by atoms with Crippen molar-refractivity contribution in [1.29, 1.82) is 0 Å². The largest absolute Gasteiger partial charge is 0.369 e. The number of aryl methyl sites for hydroxylation is 1. The van der Waals surface area contributed by atoms with Gasteiger partial charge in [0.1, 0.15) is 11.5 Å². The molecule has 6 heteroatoms. The van der Waals surface area contributed by atoms with Gasteiger partial charge < -0.3 is 9.88 Å². The van der Waals surface area contributed by atoms with Gasteiger partial charge in [-0.2, -0.15) is 0 Å². The van der Waals surface area contributed by atoms with Gasteiger partial charge in [-0.15, -0.1) is 10.2 Å². The number of aromatic nitrogens is 5. The molecule has 0 atom stereocenters. The van der Waals surface area contributed by atoms with E-state index in [0.29, 0.717) is 0 Å². The molecule has 0 amide bonds. The van der Waals surface area contributed by atoms with E-state index in [9.17, 15) is 0 Å². The molecule has 0 aromatic carbocycles. The monoisotopic (exact) mass is 280 g/mol. The molecule has 0 spiro atoms. The van der Waals surface area contributed by atoms with E-state index in [1.807, 2.05) is 42.9 Å². The van der Waals surface area contributed by atoms with Gasteiger partial charge in [-0.3, -0.25) is 4.98 Å². The molecule has 0 aliphatic rings. The average Bonchev–Trinajstić information content (AvgIpc) is 3.06. The van der Waals surface area contributed by atoms with Gasteiger partial charge >= 0.3 is 0 Å². The normalized spacial score (nSPS) is 10.5. The van der Waals surface area contributed by atoms with E-state index in [4.69, 9.17) is 0 Å². The lowest BCUT2D eigenvalue weighted by molar-refractivity contribution is 0.659. The number of imidazole rings is 1. The van der Waals surface area contributed by atoms with Gasteiger partial charge in [-0.1, -0.05) is 6.07 Å². The fourth-order valence-corrected chi connectivity index (χ4v) is 1.97. The summed E-state index contributed by atoms with van der Waals surface area (Å²) in [6.45, 7) is 1.78. The summed E-state index contributed by atoms with van der Waals surface area (Å²) < 4.78 is 2.05. The Balaban J connectivity index is 1.50. The molecule has 0 bridgehead atoms. The van der Waals surface area contributed by atoms with Gasteiger partial charge in [0, 0.05) is 31.7 Å². The highest BCUT2D eigenvalue weighted by atomic mass is 15.2. The van der Waals surface area contributed by atoms with Crippen molar-refractivity contribution in [2.45, 2.75) is 13.0 Å². The highest BCUT2D eigenvalue weighted by Crippen LogP contribution is 2.13. The highest BCUT2D eigenvalue weighted by molar-refractivity contribution is 5.54. The van der Waals surface area contributed by atoms with Crippen LogP contribution in [0.2, 0.25) is 0 Å². The van der Waals surface area contributed by atoms with E-state index in [-0.39, 0.29) is 0 Å². The first-order valence-electron chi connectivity index (χ1n) is 6.86. The molecule has 0 fully saturated rings. The summed E-state index contributed by atoms with van der Waals surface area (Å²) in [7, 11) is 0. The molecule has 0 unspecified atom stereocenters. The van der Waals surface area contributed by atoms with Gasteiger partial charge in [-0.25, -0.2) is 4.98 Å². The van der Waals surface area contributed by atoms with Gasteiger partial charge in [-0.05, 0) is 30.7 Å². The van der Waals surface area contributed by atoms with E-state index in [2.05, 4.69) is 30.0 Å². The van der Waals surface area contributed by atoms with Crippen LogP contribution in [0.15, 0.2) is 55.2 Å². The number of nitrogens with one attached hydrogen (secondary N) is 1.